The summed E-state index contributed by atoms with van der Waals surface area (Å²) < 4.78 is 9.91. The standard InChI is InChI=1S/C30H22ClN7O2/c1-19-25-26(21-12-14-22(31)15-13-21)27-28-34-24(17-39-33-16-20-8-4-2-5-9-20)36-37(28)18-32-29(27)40-30(25)38(35-19)23-10-6-3-7-11-23/h2-16,18,26H,17H2,1H3/b33-16+/t26-/m0/s1. The van der Waals surface area contributed by atoms with Gasteiger partial charge in [-0.2, -0.15) is 5.10 Å². The molecule has 6 aromatic rings. The number of rotatable bonds is 6. The highest BCUT2D eigenvalue weighted by atomic mass is 35.5. The number of oxime groups is 1. The van der Waals surface area contributed by atoms with Crippen LogP contribution in [0.15, 0.2) is 96.4 Å². The zero-order valence-electron chi connectivity index (χ0n) is 21.3. The molecule has 0 amide bonds. The maximum Gasteiger partial charge on any atom is 0.230 e. The SMILES string of the molecule is Cc1nn(-c2ccccc2)c2c1[C@H](c1ccc(Cl)cc1)c1c(ncn3nc(CO/N=C/c4ccccc4)nc13)O2. The first kappa shape index (κ1) is 24.1. The maximum atomic E-state index is 6.45. The molecule has 0 N–H and O–H groups in total. The number of para-hydroxylation sites is 1. The predicted molar refractivity (Wildman–Crippen MR) is 150 cm³/mol. The van der Waals surface area contributed by atoms with E-state index in [0.29, 0.717) is 28.3 Å². The molecule has 1 aliphatic heterocycles. The highest BCUT2D eigenvalue weighted by Gasteiger charge is 2.38. The van der Waals surface area contributed by atoms with Gasteiger partial charge in [0.1, 0.15) is 6.33 Å². The van der Waals surface area contributed by atoms with Crippen LogP contribution in [0.3, 0.4) is 0 Å². The maximum absolute atomic E-state index is 6.45. The fourth-order valence-corrected chi connectivity index (χ4v) is 5.07. The molecule has 4 heterocycles. The number of hydrogen-bond donors (Lipinski definition) is 0. The van der Waals surface area contributed by atoms with E-state index in [-0.39, 0.29) is 12.5 Å². The van der Waals surface area contributed by atoms with Crippen molar-refractivity contribution in [3.8, 4) is 17.4 Å². The summed E-state index contributed by atoms with van der Waals surface area (Å²) in [7, 11) is 0. The van der Waals surface area contributed by atoms with Crippen molar-refractivity contribution in [3.63, 3.8) is 0 Å². The fourth-order valence-electron chi connectivity index (χ4n) is 4.95. The lowest BCUT2D eigenvalue weighted by atomic mass is 9.84. The van der Waals surface area contributed by atoms with E-state index in [1.165, 1.54) is 0 Å². The monoisotopic (exact) mass is 547 g/mol. The third-order valence-electron chi connectivity index (χ3n) is 6.74. The van der Waals surface area contributed by atoms with Crippen LogP contribution in [0.4, 0.5) is 0 Å². The topological polar surface area (TPSA) is 91.7 Å². The Balaban J connectivity index is 1.31. The second-order valence-electron chi connectivity index (χ2n) is 9.32. The van der Waals surface area contributed by atoms with Gasteiger partial charge in [0.05, 0.1) is 34.6 Å². The van der Waals surface area contributed by atoms with Crippen LogP contribution in [0.1, 0.15) is 39.7 Å². The lowest BCUT2D eigenvalue weighted by molar-refractivity contribution is 0.126. The summed E-state index contributed by atoms with van der Waals surface area (Å²) in [5.74, 6) is 1.27. The Morgan fingerprint density at radius 3 is 2.48 bits per heavy atom. The summed E-state index contributed by atoms with van der Waals surface area (Å²) in [6.07, 6.45) is 3.25. The summed E-state index contributed by atoms with van der Waals surface area (Å²) >= 11 is 6.26. The molecule has 0 unspecified atom stereocenters. The third kappa shape index (κ3) is 4.26. The number of aryl methyl sites for hydroxylation is 1. The Hall–Kier alpha value is -5.02. The highest BCUT2D eigenvalue weighted by Crippen LogP contribution is 2.49. The summed E-state index contributed by atoms with van der Waals surface area (Å²) in [5.41, 5.74) is 6.02. The highest BCUT2D eigenvalue weighted by molar-refractivity contribution is 6.30. The van der Waals surface area contributed by atoms with Crippen molar-refractivity contribution in [3.05, 3.63) is 130 Å². The van der Waals surface area contributed by atoms with E-state index in [4.69, 9.17) is 31.3 Å². The van der Waals surface area contributed by atoms with Crippen LogP contribution in [-0.2, 0) is 11.4 Å². The van der Waals surface area contributed by atoms with Gasteiger partial charge in [-0.3, -0.25) is 0 Å². The summed E-state index contributed by atoms with van der Waals surface area (Å²) in [5, 5.41) is 14.2. The van der Waals surface area contributed by atoms with E-state index in [2.05, 4.69) is 15.2 Å². The van der Waals surface area contributed by atoms with E-state index in [0.717, 1.165) is 33.6 Å². The minimum atomic E-state index is -0.265. The van der Waals surface area contributed by atoms with Crippen molar-refractivity contribution in [1.82, 2.24) is 29.4 Å². The molecular formula is C30H22ClN7O2. The van der Waals surface area contributed by atoms with Gasteiger partial charge < -0.3 is 9.57 Å². The molecule has 0 radical (unpaired) electrons. The first-order valence-corrected chi connectivity index (χ1v) is 13.1. The second-order valence-corrected chi connectivity index (χ2v) is 9.75. The van der Waals surface area contributed by atoms with Gasteiger partial charge >= 0.3 is 0 Å². The van der Waals surface area contributed by atoms with E-state index in [9.17, 15) is 0 Å². The number of aromatic nitrogens is 6. The Morgan fingerprint density at radius 1 is 0.950 bits per heavy atom. The van der Waals surface area contributed by atoms with Gasteiger partial charge in [-0.25, -0.2) is 19.2 Å². The molecule has 9 nitrogen and oxygen atoms in total. The molecule has 0 saturated carbocycles. The fraction of sp³-hybridized carbons (Fsp3) is 0.100. The number of benzene rings is 3. The van der Waals surface area contributed by atoms with Crippen LogP contribution in [0, 0.1) is 6.92 Å². The van der Waals surface area contributed by atoms with Crippen LogP contribution >= 0.6 is 11.6 Å². The molecule has 0 spiro atoms. The molecule has 0 aliphatic carbocycles. The minimum Gasteiger partial charge on any atom is -0.420 e. The van der Waals surface area contributed by atoms with Crippen molar-refractivity contribution < 1.29 is 9.57 Å². The quantitative estimate of drug-likeness (QED) is 0.184. The molecule has 1 atom stereocenters. The lowest BCUT2D eigenvalue weighted by Crippen LogP contribution is -2.16. The molecule has 3 aromatic carbocycles. The largest absolute Gasteiger partial charge is 0.420 e. The first-order chi connectivity index (χ1) is 19.7. The number of nitrogens with zero attached hydrogens (tertiary/aromatic N) is 7. The lowest BCUT2D eigenvalue weighted by Gasteiger charge is -2.26. The van der Waals surface area contributed by atoms with Gasteiger partial charge in [0.25, 0.3) is 0 Å². The van der Waals surface area contributed by atoms with Gasteiger partial charge in [-0.1, -0.05) is 77.4 Å². The number of fused-ring (bicyclic) bond motifs is 4. The minimum absolute atomic E-state index is 0.0997. The van der Waals surface area contributed by atoms with Gasteiger partial charge in [0.2, 0.25) is 11.8 Å². The molecule has 40 heavy (non-hydrogen) atoms. The second kappa shape index (κ2) is 9.94. The number of ether oxygens (including phenoxy) is 1. The average Bonchev–Trinajstić information content (AvgIpc) is 3.56. The van der Waals surface area contributed by atoms with Crippen LogP contribution in [0.25, 0.3) is 11.3 Å². The van der Waals surface area contributed by atoms with Gasteiger partial charge in [-0.15, -0.1) is 5.10 Å². The summed E-state index contributed by atoms with van der Waals surface area (Å²) in [4.78, 5) is 14.9. The Bertz CT molecular complexity index is 1850. The molecule has 10 heteroatoms. The average molecular weight is 548 g/mol. The number of halogens is 1. The van der Waals surface area contributed by atoms with Crippen molar-refractivity contribution in [2.45, 2.75) is 19.4 Å². The van der Waals surface area contributed by atoms with Crippen molar-refractivity contribution >= 4 is 23.5 Å². The van der Waals surface area contributed by atoms with E-state index in [1.807, 2.05) is 96.5 Å². The van der Waals surface area contributed by atoms with Crippen molar-refractivity contribution in [2.24, 2.45) is 5.16 Å². The molecular weight excluding hydrogens is 526 g/mol. The molecule has 0 saturated heterocycles. The van der Waals surface area contributed by atoms with Crippen LogP contribution in [0.5, 0.6) is 11.8 Å². The van der Waals surface area contributed by atoms with E-state index >= 15 is 0 Å². The summed E-state index contributed by atoms with van der Waals surface area (Å²) in [6, 6.07) is 27.4. The Morgan fingerprint density at radius 2 is 1.70 bits per heavy atom. The zero-order chi connectivity index (χ0) is 27.1. The molecule has 7 rings (SSSR count). The first-order valence-electron chi connectivity index (χ1n) is 12.7. The molecule has 1 aliphatic rings. The van der Waals surface area contributed by atoms with Crippen molar-refractivity contribution in [2.75, 3.05) is 0 Å². The van der Waals surface area contributed by atoms with Gasteiger partial charge in [0.15, 0.2) is 18.1 Å². The summed E-state index contributed by atoms with van der Waals surface area (Å²) in [6.45, 7) is 2.08. The normalized spacial score (nSPS) is 14.2. The Labute approximate surface area is 234 Å². The molecule has 0 fully saturated rings. The number of hydrogen-bond acceptors (Lipinski definition) is 7. The van der Waals surface area contributed by atoms with E-state index < -0.39 is 0 Å². The predicted octanol–water partition coefficient (Wildman–Crippen LogP) is 6.11. The van der Waals surface area contributed by atoms with Crippen molar-refractivity contribution in [1.29, 1.82) is 0 Å². The third-order valence-corrected chi connectivity index (χ3v) is 6.99. The van der Waals surface area contributed by atoms with Gasteiger partial charge in [0, 0.05) is 5.02 Å². The van der Waals surface area contributed by atoms with Crippen LogP contribution in [-0.4, -0.2) is 35.6 Å². The van der Waals surface area contributed by atoms with E-state index in [1.54, 1.807) is 17.1 Å². The van der Waals surface area contributed by atoms with Crippen LogP contribution in [0.2, 0.25) is 5.02 Å². The van der Waals surface area contributed by atoms with Gasteiger partial charge in [-0.05, 0) is 42.3 Å². The molecule has 196 valence electrons. The van der Waals surface area contributed by atoms with Crippen LogP contribution < -0.4 is 4.74 Å². The smallest absolute Gasteiger partial charge is 0.230 e. The zero-order valence-corrected chi connectivity index (χ0v) is 22.1. The molecule has 3 aromatic heterocycles. The Kier molecular flexibility index (Phi) is 5.98. The molecule has 0 bridgehead atoms.